The predicted molar refractivity (Wildman–Crippen MR) is 66.1 cm³/mol. The van der Waals surface area contributed by atoms with E-state index in [0.29, 0.717) is 6.54 Å². The number of ether oxygens (including phenoxy) is 1. The maximum atomic E-state index is 10.4. The van der Waals surface area contributed by atoms with E-state index in [9.17, 15) is 4.79 Å². The summed E-state index contributed by atoms with van der Waals surface area (Å²) in [6.07, 6.45) is 2.33. The molecular formula is C12H22N2O3. The number of nitrogens with one attached hydrogen (secondary N) is 1. The molecule has 1 aliphatic heterocycles. The van der Waals surface area contributed by atoms with Crippen molar-refractivity contribution in [3.63, 3.8) is 0 Å². The molecule has 0 aromatic heterocycles. The molecule has 1 rings (SSSR count). The quantitative estimate of drug-likeness (QED) is 0.497. The fourth-order valence-electron chi connectivity index (χ4n) is 1.80. The molecule has 0 aromatic carbocycles. The third kappa shape index (κ3) is 7.10. The molecule has 0 radical (unpaired) electrons. The van der Waals surface area contributed by atoms with Crippen LogP contribution < -0.4 is 5.32 Å². The summed E-state index contributed by atoms with van der Waals surface area (Å²) in [6, 6.07) is 0. The van der Waals surface area contributed by atoms with Crippen molar-refractivity contribution < 1.29 is 14.6 Å². The lowest BCUT2D eigenvalue weighted by atomic mass is 10.2. The number of hydrogen-bond acceptors (Lipinski definition) is 4. The topological polar surface area (TPSA) is 61.8 Å². The first-order chi connectivity index (χ1) is 8.18. The minimum Gasteiger partial charge on any atom is -0.478 e. The zero-order valence-electron chi connectivity index (χ0n) is 10.4. The molecular weight excluding hydrogens is 220 g/mol. The van der Waals surface area contributed by atoms with Crippen LogP contribution in [0.2, 0.25) is 0 Å². The Labute approximate surface area is 102 Å². The summed E-state index contributed by atoms with van der Waals surface area (Å²) in [5.41, 5.74) is 0.851. The molecule has 1 aliphatic rings. The molecule has 5 nitrogen and oxygen atoms in total. The normalized spacial score (nSPS) is 18.3. The van der Waals surface area contributed by atoms with Crippen LogP contribution in [0, 0.1) is 0 Å². The Hall–Kier alpha value is -0.910. The number of rotatable bonds is 7. The number of hydrogen-bond donors (Lipinski definition) is 2. The van der Waals surface area contributed by atoms with Gasteiger partial charge in [-0.05, 0) is 26.4 Å². The highest BCUT2D eigenvalue weighted by Gasteiger charge is 2.08. The van der Waals surface area contributed by atoms with E-state index in [0.717, 1.165) is 51.4 Å². The molecule has 0 amide bonds. The Morgan fingerprint density at radius 3 is 2.82 bits per heavy atom. The maximum absolute atomic E-state index is 10.4. The fourth-order valence-corrected chi connectivity index (χ4v) is 1.80. The Balaban J connectivity index is 1.98. The first kappa shape index (κ1) is 14.2. The van der Waals surface area contributed by atoms with Crippen LogP contribution >= 0.6 is 0 Å². The number of aliphatic carboxylic acids is 1. The van der Waals surface area contributed by atoms with E-state index in [1.54, 1.807) is 0 Å². The van der Waals surface area contributed by atoms with Crippen molar-refractivity contribution in [3.8, 4) is 0 Å². The lowest BCUT2D eigenvalue weighted by Crippen LogP contribution is -2.37. The van der Waals surface area contributed by atoms with Crippen LogP contribution in [0.5, 0.6) is 0 Å². The van der Waals surface area contributed by atoms with E-state index in [2.05, 4.69) is 10.2 Å². The average Bonchev–Trinajstić information content (AvgIpc) is 2.29. The van der Waals surface area contributed by atoms with Gasteiger partial charge in [0.15, 0.2) is 0 Å². The van der Waals surface area contributed by atoms with Crippen molar-refractivity contribution in [2.75, 3.05) is 45.9 Å². The number of carboxylic acids is 1. The third-order valence-electron chi connectivity index (χ3n) is 2.71. The summed E-state index contributed by atoms with van der Waals surface area (Å²) < 4.78 is 5.28. The van der Waals surface area contributed by atoms with Gasteiger partial charge in [0.1, 0.15) is 0 Å². The van der Waals surface area contributed by atoms with Gasteiger partial charge in [-0.2, -0.15) is 0 Å². The average molecular weight is 242 g/mol. The molecule has 98 valence electrons. The minimum absolute atomic E-state index is 0.648. The van der Waals surface area contributed by atoms with Crippen molar-refractivity contribution in [1.82, 2.24) is 10.2 Å². The molecule has 17 heavy (non-hydrogen) atoms. The van der Waals surface area contributed by atoms with Crippen LogP contribution in [-0.4, -0.2) is 61.9 Å². The summed E-state index contributed by atoms with van der Waals surface area (Å²) in [7, 11) is 0. The predicted octanol–water partition coefficient (Wildman–Crippen LogP) is 0.329. The van der Waals surface area contributed by atoms with Gasteiger partial charge in [-0.25, -0.2) is 4.79 Å². The number of nitrogens with zero attached hydrogens (tertiary/aromatic N) is 1. The Bertz CT molecular complexity index is 260. The number of carbonyl (C=O) groups is 1. The number of morpholine rings is 1. The SMILES string of the molecule is CC(=CC(=O)O)CNCCCN1CCOCC1. The van der Waals surface area contributed by atoms with Crippen molar-refractivity contribution in [2.45, 2.75) is 13.3 Å². The van der Waals surface area contributed by atoms with Gasteiger partial charge in [0.2, 0.25) is 0 Å². The lowest BCUT2D eigenvalue weighted by molar-refractivity contribution is -0.131. The molecule has 0 aromatic rings. The molecule has 0 atom stereocenters. The summed E-state index contributed by atoms with van der Waals surface area (Å²) in [5, 5.41) is 11.8. The van der Waals surface area contributed by atoms with Crippen LogP contribution in [0.4, 0.5) is 0 Å². The largest absolute Gasteiger partial charge is 0.478 e. The zero-order valence-corrected chi connectivity index (χ0v) is 10.4. The van der Waals surface area contributed by atoms with E-state index in [1.165, 1.54) is 6.08 Å². The fraction of sp³-hybridized carbons (Fsp3) is 0.750. The highest BCUT2D eigenvalue weighted by molar-refractivity contribution is 5.80. The standard InChI is InChI=1S/C12H22N2O3/c1-11(9-12(15)16)10-13-3-2-4-14-5-7-17-8-6-14/h9,13H,2-8,10H2,1H3,(H,15,16). The van der Waals surface area contributed by atoms with Crippen molar-refractivity contribution in [1.29, 1.82) is 0 Å². The Kier molecular flexibility index (Phi) is 6.84. The monoisotopic (exact) mass is 242 g/mol. The molecule has 1 saturated heterocycles. The highest BCUT2D eigenvalue weighted by Crippen LogP contribution is 1.97. The van der Waals surface area contributed by atoms with E-state index < -0.39 is 5.97 Å². The second-order valence-electron chi connectivity index (χ2n) is 4.31. The van der Waals surface area contributed by atoms with Crippen LogP contribution in [0.15, 0.2) is 11.6 Å². The van der Waals surface area contributed by atoms with E-state index >= 15 is 0 Å². The van der Waals surface area contributed by atoms with E-state index in [1.807, 2.05) is 6.92 Å². The minimum atomic E-state index is -0.877. The molecule has 0 spiro atoms. The molecule has 0 aliphatic carbocycles. The molecule has 5 heteroatoms. The Morgan fingerprint density at radius 1 is 1.47 bits per heavy atom. The van der Waals surface area contributed by atoms with E-state index in [-0.39, 0.29) is 0 Å². The van der Waals surface area contributed by atoms with Gasteiger partial charge in [0, 0.05) is 25.7 Å². The summed E-state index contributed by atoms with van der Waals surface area (Å²) in [4.78, 5) is 12.8. The third-order valence-corrected chi connectivity index (χ3v) is 2.71. The summed E-state index contributed by atoms with van der Waals surface area (Å²) in [5.74, 6) is -0.877. The molecule has 0 bridgehead atoms. The number of carboxylic acid groups (broad SMARTS) is 1. The Morgan fingerprint density at radius 2 is 2.18 bits per heavy atom. The molecule has 1 heterocycles. The van der Waals surface area contributed by atoms with Crippen LogP contribution in [0.3, 0.4) is 0 Å². The second-order valence-corrected chi connectivity index (χ2v) is 4.31. The van der Waals surface area contributed by atoms with Crippen molar-refractivity contribution in [2.24, 2.45) is 0 Å². The second kappa shape index (κ2) is 8.22. The summed E-state index contributed by atoms with van der Waals surface area (Å²) >= 11 is 0. The van der Waals surface area contributed by atoms with Gasteiger partial charge in [0.05, 0.1) is 13.2 Å². The molecule has 1 fully saturated rings. The van der Waals surface area contributed by atoms with Gasteiger partial charge in [-0.3, -0.25) is 4.90 Å². The van der Waals surface area contributed by atoms with Crippen molar-refractivity contribution in [3.05, 3.63) is 11.6 Å². The summed E-state index contributed by atoms with van der Waals surface area (Å²) in [6.45, 7) is 8.20. The lowest BCUT2D eigenvalue weighted by Gasteiger charge is -2.26. The zero-order chi connectivity index (χ0) is 12.5. The van der Waals surface area contributed by atoms with Crippen LogP contribution in [-0.2, 0) is 9.53 Å². The first-order valence-corrected chi connectivity index (χ1v) is 6.09. The molecule has 2 N–H and O–H groups in total. The van der Waals surface area contributed by atoms with Gasteiger partial charge in [-0.15, -0.1) is 0 Å². The smallest absolute Gasteiger partial charge is 0.328 e. The van der Waals surface area contributed by atoms with E-state index in [4.69, 9.17) is 9.84 Å². The molecule has 0 saturated carbocycles. The van der Waals surface area contributed by atoms with Crippen LogP contribution in [0.1, 0.15) is 13.3 Å². The maximum Gasteiger partial charge on any atom is 0.328 e. The van der Waals surface area contributed by atoms with Crippen molar-refractivity contribution >= 4 is 5.97 Å². The highest BCUT2D eigenvalue weighted by atomic mass is 16.5. The first-order valence-electron chi connectivity index (χ1n) is 6.09. The van der Waals surface area contributed by atoms with Gasteiger partial charge in [0.25, 0.3) is 0 Å². The van der Waals surface area contributed by atoms with Crippen LogP contribution in [0.25, 0.3) is 0 Å². The van der Waals surface area contributed by atoms with Gasteiger partial charge in [-0.1, -0.05) is 5.57 Å². The van der Waals surface area contributed by atoms with Gasteiger partial charge >= 0.3 is 5.97 Å². The molecule has 0 unspecified atom stereocenters. The van der Waals surface area contributed by atoms with Gasteiger partial charge < -0.3 is 15.2 Å².